The number of hydrogen-bond donors (Lipinski definition) is 0. The first-order valence-corrected chi connectivity index (χ1v) is 7.67. The molecule has 2 rings (SSSR count). The van der Waals surface area contributed by atoms with Gasteiger partial charge in [-0.2, -0.15) is 0 Å². The number of nitrogens with zero attached hydrogens (tertiary/aromatic N) is 2. The molecule has 1 aliphatic heterocycles. The molecule has 5 heteroatoms. The van der Waals surface area contributed by atoms with Crippen molar-refractivity contribution in [3.05, 3.63) is 20.2 Å². The highest BCUT2D eigenvalue weighted by atomic mass is 127. The van der Waals surface area contributed by atoms with Gasteiger partial charge in [0.15, 0.2) is 0 Å². The average Bonchev–Trinajstić information content (AvgIpc) is 2.74. The van der Waals surface area contributed by atoms with Crippen LogP contribution in [0.15, 0.2) is 0 Å². The predicted molar refractivity (Wildman–Crippen MR) is 81.1 cm³/mol. The molecule has 0 aliphatic carbocycles. The number of hydrogen-bond acceptors (Lipinski definition) is 3. The second-order valence-corrected chi connectivity index (χ2v) is 7.12. The lowest BCUT2D eigenvalue weighted by atomic mass is 9.92. The molecule has 1 saturated heterocycles. The average molecular weight is 381 g/mol. The molecule has 0 saturated carbocycles. The van der Waals surface area contributed by atoms with Gasteiger partial charge >= 0.3 is 0 Å². The molecule has 1 aromatic heterocycles. The van der Waals surface area contributed by atoms with Crippen LogP contribution in [-0.2, 0) is 16.6 Å². The molecule has 100 valence electrons. The van der Waals surface area contributed by atoms with Crippen molar-refractivity contribution in [2.24, 2.45) is 0 Å². The maximum atomic E-state index is 6.21. The molecule has 2 heterocycles. The van der Waals surface area contributed by atoms with Gasteiger partial charge in [-0.05, 0) is 35.4 Å². The van der Waals surface area contributed by atoms with Gasteiger partial charge in [-0.3, -0.25) is 0 Å². The Bertz CT molecular complexity index is 439. The zero-order valence-corrected chi connectivity index (χ0v) is 13.9. The summed E-state index contributed by atoms with van der Waals surface area (Å²) in [4.78, 5) is 9.06. The number of halogens is 2. The fraction of sp³-hybridized carbons (Fsp3) is 0.692. The zero-order valence-electron chi connectivity index (χ0n) is 11.0. The molecule has 0 aromatic carbocycles. The molecule has 0 amide bonds. The zero-order chi connectivity index (χ0) is 13.3. The molecule has 0 spiro atoms. The van der Waals surface area contributed by atoms with Crippen LogP contribution >= 0.6 is 34.2 Å². The Labute approximate surface area is 127 Å². The van der Waals surface area contributed by atoms with E-state index in [4.69, 9.17) is 16.3 Å². The van der Waals surface area contributed by atoms with Crippen LogP contribution in [0.3, 0.4) is 0 Å². The SMILES string of the molecule is CC(C)(C)c1nc(CC2CCCO2)nc(Cl)c1I. The second kappa shape index (κ2) is 5.59. The fourth-order valence-electron chi connectivity index (χ4n) is 2.06. The van der Waals surface area contributed by atoms with E-state index in [0.717, 1.165) is 41.0 Å². The molecule has 3 nitrogen and oxygen atoms in total. The van der Waals surface area contributed by atoms with Crippen LogP contribution in [0.5, 0.6) is 0 Å². The van der Waals surface area contributed by atoms with E-state index >= 15 is 0 Å². The lowest BCUT2D eigenvalue weighted by Crippen LogP contribution is -2.20. The molecule has 18 heavy (non-hydrogen) atoms. The first-order valence-electron chi connectivity index (χ1n) is 6.22. The highest BCUT2D eigenvalue weighted by Gasteiger charge is 2.24. The van der Waals surface area contributed by atoms with E-state index in [1.54, 1.807) is 0 Å². The van der Waals surface area contributed by atoms with E-state index < -0.39 is 0 Å². The molecule has 1 aromatic rings. The number of ether oxygens (including phenoxy) is 1. The summed E-state index contributed by atoms with van der Waals surface area (Å²) in [5.74, 6) is 0.803. The standard InChI is InChI=1S/C13H18ClIN2O/c1-13(2,3)11-10(15)12(14)17-9(16-11)7-8-5-4-6-18-8/h8H,4-7H2,1-3H3. The molecule has 1 atom stereocenters. The van der Waals surface area contributed by atoms with E-state index in [9.17, 15) is 0 Å². The van der Waals surface area contributed by atoms with Gasteiger partial charge in [0.25, 0.3) is 0 Å². The molecule has 1 unspecified atom stereocenters. The third kappa shape index (κ3) is 3.33. The van der Waals surface area contributed by atoms with Crippen molar-refractivity contribution in [1.82, 2.24) is 9.97 Å². The van der Waals surface area contributed by atoms with Crippen LogP contribution in [0.4, 0.5) is 0 Å². The van der Waals surface area contributed by atoms with E-state index in [0.29, 0.717) is 5.15 Å². The number of rotatable bonds is 2. The second-order valence-electron chi connectivity index (χ2n) is 5.68. The van der Waals surface area contributed by atoms with Gasteiger partial charge < -0.3 is 4.74 Å². The van der Waals surface area contributed by atoms with Gasteiger partial charge in [-0.1, -0.05) is 32.4 Å². The van der Waals surface area contributed by atoms with Gasteiger partial charge in [0.1, 0.15) is 11.0 Å². The van der Waals surface area contributed by atoms with E-state index in [2.05, 4.69) is 53.3 Å². The minimum Gasteiger partial charge on any atom is -0.378 e. The molecule has 0 radical (unpaired) electrons. The molecule has 1 aliphatic rings. The summed E-state index contributed by atoms with van der Waals surface area (Å²) >= 11 is 8.43. The molecular formula is C13H18ClIN2O. The molecule has 1 fully saturated rings. The third-order valence-electron chi connectivity index (χ3n) is 3.00. The summed E-state index contributed by atoms with van der Waals surface area (Å²) < 4.78 is 6.58. The summed E-state index contributed by atoms with van der Waals surface area (Å²) in [6.07, 6.45) is 3.25. The first kappa shape index (κ1) is 14.5. The largest absolute Gasteiger partial charge is 0.378 e. The minimum absolute atomic E-state index is 0.0195. The summed E-state index contributed by atoms with van der Waals surface area (Å²) in [5, 5.41) is 0.559. The van der Waals surface area contributed by atoms with E-state index in [-0.39, 0.29) is 11.5 Å². The van der Waals surface area contributed by atoms with Crippen LogP contribution in [0.25, 0.3) is 0 Å². The van der Waals surface area contributed by atoms with E-state index in [1.807, 2.05) is 0 Å². The van der Waals surface area contributed by atoms with Gasteiger partial charge in [0, 0.05) is 18.4 Å². The maximum absolute atomic E-state index is 6.21. The smallest absolute Gasteiger partial charge is 0.146 e. The Kier molecular flexibility index (Phi) is 4.49. The van der Waals surface area contributed by atoms with E-state index in [1.165, 1.54) is 0 Å². The summed E-state index contributed by atoms with van der Waals surface area (Å²) in [6, 6.07) is 0. The van der Waals surface area contributed by atoms with Gasteiger partial charge in [-0.25, -0.2) is 9.97 Å². The van der Waals surface area contributed by atoms with Crippen molar-refractivity contribution in [1.29, 1.82) is 0 Å². The van der Waals surface area contributed by atoms with Gasteiger partial charge in [0.2, 0.25) is 0 Å². The molecular weight excluding hydrogens is 363 g/mol. The van der Waals surface area contributed by atoms with Crippen molar-refractivity contribution < 1.29 is 4.74 Å². The predicted octanol–water partition coefficient (Wildman–Crippen LogP) is 3.75. The van der Waals surface area contributed by atoms with Crippen LogP contribution < -0.4 is 0 Å². The topological polar surface area (TPSA) is 35.0 Å². The van der Waals surface area contributed by atoms with Crippen LogP contribution in [0, 0.1) is 3.57 Å². The Hall–Kier alpha value is 0.0600. The minimum atomic E-state index is -0.0195. The van der Waals surface area contributed by atoms with Crippen LogP contribution in [0.2, 0.25) is 5.15 Å². The third-order valence-corrected chi connectivity index (χ3v) is 4.62. The number of aromatic nitrogens is 2. The Morgan fingerprint density at radius 3 is 2.67 bits per heavy atom. The summed E-state index contributed by atoms with van der Waals surface area (Å²) in [5.41, 5.74) is 1.00. The fourth-order valence-corrected chi connectivity index (χ4v) is 3.30. The maximum Gasteiger partial charge on any atom is 0.146 e. The summed E-state index contributed by atoms with van der Waals surface area (Å²) in [6.45, 7) is 7.28. The Morgan fingerprint density at radius 2 is 2.11 bits per heavy atom. The van der Waals surface area contributed by atoms with Crippen LogP contribution in [0.1, 0.15) is 45.1 Å². The van der Waals surface area contributed by atoms with Crippen molar-refractivity contribution in [3.63, 3.8) is 0 Å². The summed E-state index contributed by atoms with van der Waals surface area (Å²) in [7, 11) is 0. The highest BCUT2D eigenvalue weighted by Crippen LogP contribution is 2.29. The van der Waals surface area contributed by atoms with Crippen molar-refractivity contribution in [2.45, 2.75) is 51.6 Å². The Balaban J connectivity index is 2.28. The van der Waals surface area contributed by atoms with Gasteiger partial charge in [0.05, 0.1) is 15.4 Å². The quantitative estimate of drug-likeness (QED) is 0.579. The van der Waals surface area contributed by atoms with Crippen molar-refractivity contribution in [3.8, 4) is 0 Å². The monoisotopic (exact) mass is 380 g/mol. The highest BCUT2D eigenvalue weighted by molar-refractivity contribution is 14.1. The van der Waals surface area contributed by atoms with Gasteiger partial charge in [-0.15, -0.1) is 0 Å². The lowest BCUT2D eigenvalue weighted by Gasteiger charge is -2.21. The normalized spacial score (nSPS) is 20.4. The Morgan fingerprint density at radius 1 is 1.39 bits per heavy atom. The van der Waals surface area contributed by atoms with Crippen molar-refractivity contribution >= 4 is 34.2 Å². The lowest BCUT2D eigenvalue weighted by molar-refractivity contribution is 0.109. The van der Waals surface area contributed by atoms with Crippen molar-refractivity contribution in [2.75, 3.05) is 6.61 Å². The molecule has 0 N–H and O–H groups in total. The molecule has 0 bridgehead atoms. The van der Waals surface area contributed by atoms with Crippen LogP contribution in [-0.4, -0.2) is 22.7 Å². The first-order chi connectivity index (χ1) is 8.38.